The molecule has 0 aromatic heterocycles. The van der Waals surface area contributed by atoms with Gasteiger partial charge in [-0.25, -0.2) is 0 Å². The van der Waals surface area contributed by atoms with Crippen LogP contribution in [0.25, 0.3) is 0 Å². The first-order valence-corrected chi connectivity index (χ1v) is 3.98. The maximum atomic E-state index is 10.6. The third-order valence-corrected chi connectivity index (χ3v) is 1.80. The smallest absolute Gasteiger partial charge is 0.258 e. The predicted octanol–water partition coefficient (Wildman–Crippen LogP) is 2.19. The molecule has 0 fully saturated rings. The zero-order valence-corrected chi connectivity index (χ0v) is 7.43. The van der Waals surface area contributed by atoms with Crippen molar-refractivity contribution in [1.82, 2.24) is 0 Å². The van der Waals surface area contributed by atoms with Gasteiger partial charge in [0.05, 0.1) is 4.92 Å². The van der Waals surface area contributed by atoms with Crippen molar-refractivity contribution in [2.24, 2.45) is 0 Å². The van der Waals surface area contributed by atoms with Crippen LogP contribution in [-0.2, 0) is 6.42 Å². The van der Waals surface area contributed by atoms with Gasteiger partial charge in [-0.2, -0.15) is 5.26 Å². The van der Waals surface area contributed by atoms with Crippen LogP contribution in [0.1, 0.15) is 11.1 Å². The summed E-state index contributed by atoms with van der Waals surface area (Å²) in [4.78, 5) is 10.0. The van der Waals surface area contributed by atoms with Crippen molar-refractivity contribution >= 4 is 5.69 Å². The van der Waals surface area contributed by atoms with Gasteiger partial charge in [0.2, 0.25) is 0 Å². The van der Waals surface area contributed by atoms with Crippen molar-refractivity contribution in [3.05, 3.63) is 52.1 Å². The number of nitriles is 1. The van der Waals surface area contributed by atoms with Crippen molar-refractivity contribution in [2.75, 3.05) is 0 Å². The first-order chi connectivity index (χ1) is 6.70. The summed E-state index contributed by atoms with van der Waals surface area (Å²) in [7, 11) is 0. The van der Waals surface area contributed by atoms with Gasteiger partial charge >= 0.3 is 0 Å². The van der Waals surface area contributed by atoms with Gasteiger partial charge in [-0.15, -0.1) is 6.58 Å². The van der Waals surface area contributed by atoms with E-state index in [9.17, 15) is 10.1 Å². The molecule has 0 bridgehead atoms. The Hall–Kier alpha value is -2.15. The Balaban J connectivity index is 3.33. The topological polar surface area (TPSA) is 66.9 Å². The molecule has 1 aromatic rings. The van der Waals surface area contributed by atoms with E-state index in [0.29, 0.717) is 12.0 Å². The minimum Gasteiger partial charge on any atom is -0.258 e. The Morgan fingerprint density at radius 2 is 2.36 bits per heavy atom. The molecule has 0 spiro atoms. The SMILES string of the molecule is C=CCc1cccc([N+](=O)[O-])c1C#N. The molecule has 14 heavy (non-hydrogen) atoms. The summed E-state index contributed by atoms with van der Waals surface area (Å²) in [5, 5.41) is 19.4. The average molecular weight is 188 g/mol. The van der Waals surface area contributed by atoms with Gasteiger partial charge in [-0.3, -0.25) is 10.1 Å². The van der Waals surface area contributed by atoms with Gasteiger partial charge in [0, 0.05) is 6.07 Å². The van der Waals surface area contributed by atoms with E-state index < -0.39 is 4.92 Å². The van der Waals surface area contributed by atoms with Crippen LogP contribution in [-0.4, -0.2) is 4.92 Å². The number of nitro groups is 1. The number of nitrogens with zero attached hydrogens (tertiary/aromatic N) is 2. The summed E-state index contributed by atoms with van der Waals surface area (Å²) in [6, 6.07) is 6.42. The van der Waals surface area contributed by atoms with E-state index in [1.54, 1.807) is 18.2 Å². The third-order valence-electron chi connectivity index (χ3n) is 1.80. The van der Waals surface area contributed by atoms with Crippen LogP contribution < -0.4 is 0 Å². The zero-order chi connectivity index (χ0) is 10.6. The minimum atomic E-state index is -0.550. The molecule has 0 unspecified atom stereocenters. The number of nitro benzene ring substituents is 1. The summed E-state index contributed by atoms with van der Waals surface area (Å²) in [5.74, 6) is 0. The van der Waals surface area contributed by atoms with Crippen LogP contribution in [0.3, 0.4) is 0 Å². The van der Waals surface area contributed by atoms with Gasteiger partial charge < -0.3 is 0 Å². The Bertz CT molecular complexity index is 419. The van der Waals surface area contributed by atoms with Crippen molar-refractivity contribution in [3.8, 4) is 6.07 Å². The molecular weight excluding hydrogens is 180 g/mol. The van der Waals surface area contributed by atoms with E-state index in [1.165, 1.54) is 6.07 Å². The summed E-state index contributed by atoms with van der Waals surface area (Å²) < 4.78 is 0. The lowest BCUT2D eigenvalue weighted by atomic mass is 10.0. The zero-order valence-electron chi connectivity index (χ0n) is 7.43. The van der Waals surface area contributed by atoms with Gasteiger partial charge in [0.15, 0.2) is 0 Å². The molecule has 0 atom stereocenters. The van der Waals surface area contributed by atoms with Crippen molar-refractivity contribution in [1.29, 1.82) is 5.26 Å². The highest BCUT2D eigenvalue weighted by atomic mass is 16.6. The summed E-state index contributed by atoms with van der Waals surface area (Å²) >= 11 is 0. The highest BCUT2D eigenvalue weighted by molar-refractivity contribution is 5.53. The highest BCUT2D eigenvalue weighted by Gasteiger charge is 2.15. The molecule has 0 aliphatic rings. The Kier molecular flexibility index (Phi) is 2.97. The minimum absolute atomic E-state index is 0.123. The van der Waals surface area contributed by atoms with Crippen molar-refractivity contribution in [2.45, 2.75) is 6.42 Å². The Morgan fingerprint density at radius 3 is 2.86 bits per heavy atom. The summed E-state index contributed by atoms with van der Waals surface area (Å²) in [6.45, 7) is 3.53. The normalized spacial score (nSPS) is 9.07. The third kappa shape index (κ3) is 1.77. The molecule has 0 amide bonds. The predicted molar refractivity (Wildman–Crippen MR) is 51.7 cm³/mol. The van der Waals surface area contributed by atoms with E-state index in [-0.39, 0.29) is 11.3 Å². The van der Waals surface area contributed by atoms with Crippen LogP contribution >= 0.6 is 0 Å². The fourth-order valence-corrected chi connectivity index (χ4v) is 1.19. The van der Waals surface area contributed by atoms with Crippen LogP contribution in [0.15, 0.2) is 30.9 Å². The van der Waals surface area contributed by atoms with E-state index in [0.717, 1.165) is 0 Å². The first-order valence-electron chi connectivity index (χ1n) is 3.98. The average Bonchev–Trinajstić information content (AvgIpc) is 2.18. The summed E-state index contributed by atoms with van der Waals surface area (Å²) in [5.41, 5.74) is 0.612. The quantitative estimate of drug-likeness (QED) is 0.415. The largest absolute Gasteiger partial charge is 0.287 e. The second-order valence-electron chi connectivity index (χ2n) is 2.67. The van der Waals surface area contributed by atoms with Crippen LogP contribution in [0.5, 0.6) is 0 Å². The van der Waals surface area contributed by atoms with Gasteiger partial charge in [0.1, 0.15) is 11.6 Å². The first kappa shape index (κ1) is 9.93. The Labute approximate surface area is 81.2 Å². The second kappa shape index (κ2) is 4.19. The van der Waals surface area contributed by atoms with E-state index >= 15 is 0 Å². The van der Waals surface area contributed by atoms with Crippen LogP contribution in [0.4, 0.5) is 5.69 Å². The summed E-state index contributed by atoms with van der Waals surface area (Å²) in [6.07, 6.45) is 2.07. The number of hydrogen-bond donors (Lipinski definition) is 0. The second-order valence-corrected chi connectivity index (χ2v) is 2.67. The molecule has 0 saturated carbocycles. The molecule has 1 aromatic carbocycles. The molecule has 0 N–H and O–H groups in total. The molecule has 0 radical (unpaired) electrons. The monoisotopic (exact) mass is 188 g/mol. The molecule has 0 saturated heterocycles. The van der Waals surface area contributed by atoms with Gasteiger partial charge in [-0.1, -0.05) is 18.2 Å². The number of hydrogen-bond acceptors (Lipinski definition) is 3. The standard InChI is InChI=1S/C10H8N2O2/c1-2-4-8-5-3-6-10(12(13)14)9(8)7-11/h2-3,5-6H,1,4H2. The molecule has 0 aliphatic carbocycles. The maximum Gasteiger partial charge on any atom is 0.287 e. The molecule has 4 nitrogen and oxygen atoms in total. The number of benzene rings is 1. The van der Waals surface area contributed by atoms with E-state index in [4.69, 9.17) is 5.26 Å². The fourth-order valence-electron chi connectivity index (χ4n) is 1.19. The number of rotatable bonds is 3. The Morgan fingerprint density at radius 1 is 1.64 bits per heavy atom. The van der Waals surface area contributed by atoms with E-state index in [1.807, 2.05) is 6.07 Å². The lowest BCUT2D eigenvalue weighted by Crippen LogP contribution is -1.96. The lowest BCUT2D eigenvalue weighted by molar-refractivity contribution is -0.385. The molecular formula is C10H8N2O2. The van der Waals surface area contributed by atoms with Crippen LogP contribution in [0, 0.1) is 21.4 Å². The van der Waals surface area contributed by atoms with Crippen molar-refractivity contribution in [3.63, 3.8) is 0 Å². The van der Waals surface area contributed by atoms with Crippen molar-refractivity contribution < 1.29 is 4.92 Å². The molecule has 0 heterocycles. The number of allylic oxidation sites excluding steroid dienone is 1. The van der Waals surface area contributed by atoms with Gasteiger partial charge in [0.25, 0.3) is 5.69 Å². The lowest BCUT2D eigenvalue weighted by Gasteiger charge is -2.00. The molecule has 1 rings (SSSR count). The molecule has 4 heteroatoms. The fraction of sp³-hybridized carbons (Fsp3) is 0.100. The molecule has 70 valence electrons. The van der Waals surface area contributed by atoms with E-state index in [2.05, 4.69) is 6.58 Å². The van der Waals surface area contributed by atoms with Gasteiger partial charge in [-0.05, 0) is 12.0 Å². The molecule has 0 aliphatic heterocycles. The highest BCUT2D eigenvalue weighted by Crippen LogP contribution is 2.21. The maximum absolute atomic E-state index is 10.6. The van der Waals surface area contributed by atoms with Crippen LogP contribution in [0.2, 0.25) is 0 Å².